The molecule has 1 amide bonds. The van der Waals surface area contributed by atoms with Gasteiger partial charge in [-0.25, -0.2) is 12.7 Å². The van der Waals surface area contributed by atoms with E-state index in [0.29, 0.717) is 13.1 Å². The molecule has 0 N–H and O–H groups in total. The van der Waals surface area contributed by atoms with Crippen molar-refractivity contribution < 1.29 is 13.2 Å². The van der Waals surface area contributed by atoms with Gasteiger partial charge in [-0.3, -0.25) is 4.79 Å². The van der Waals surface area contributed by atoms with Gasteiger partial charge in [0.15, 0.2) is 0 Å². The highest BCUT2D eigenvalue weighted by molar-refractivity contribution is 7.90. The van der Waals surface area contributed by atoms with Gasteiger partial charge >= 0.3 is 0 Å². The second kappa shape index (κ2) is 3.93. The molecule has 0 bridgehead atoms. The quantitative estimate of drug-likeness (QED) is 0.732. The number of sulfonamides is 1. The third-order valence-electron chi connectivity index (χ3n) is 4.57. The average Bonchev–Trinajstić information content (AvgIpc) is 3.16. The molecule has 2 heterocycles. The number of hydrogen-bond donors (Lipinski definition) is 0. The summed E-state index contributed by atoms with van der Waals surface area (Å²) in [7, 11) is -1.32. The van der Waals surface area contributed by atoms with E-state index in [2.05, 4.69) is 0 Å². The van der Waals surface area contributed by atoms with Crippen LogP contribution < -0.4 is 0 Å². The largest absolute Gasteiger partial charge is 0.345 e. The fraction of sp³-hybridized carbons (Fsp3) is 0.917. The second-order valence-electron chi connectivity index (χ2n) is 5.94. The van der Waals surface area contributed by atoms with Crippen molar-refractivity contribution in [1.29, 1.82) is 0 Å². The van der Waals surface area contributed by atoms with Crippen molar-refractivity contribution >= 4 is 15.9 Å². The molecule has 6 heteroatoms. The summed E-state index contributed by atoms with van der Waals surface area (Å²) in [5, 5.41) is -0.165. The van der Waals surface area contributed by atoms with E-state index in [4.69, 9.17) is 0 Å². The highest BCUT2D eigenvalue weighted by atomic mass is 32.2. The van der Waals surface area contributed by atoms with Crippen LogP contribution in [0.5, 0.6) is 0 Å². The van der Waals surface area contributed by atoms with Gasteiger partial charge < -0.3 is 4.90 Å². The van der Waals surface area contributed by atoms with Crippen LogP contribution in [0.4, 0.5) is 0 Å². The molecule has 1 spiro atoms. The van der Waals surface area contributed by atoms with Crippen molar-refractivity contribution in [3.63, 3.8) is 0 Å². The maximum absolute atomic E-state index is 12.3. The van der Waals surface area contributed by atoms with Crippen molar-refractivity contribution in [2.24, 2.45) is 5.41 Å². The summed E-state index contributed by atoms with van der Waals surface area (Å²) in [5.41, 5.74) is -0.422. The van der Waals surface area contributed by atoms with Crippen LogP contribution in [-0.2, 0) is 14.8 Å². The Labute approximate surface area is 108 Å². The first kappa shape index (κ1) is 12.4. The standard InChI is InChI=1S/C12H20N2O3S/c1-13-8-6-12(11(13)15)5-2-7-14(9-12)18(16,17)10-3-4-10/h10H,2-9H2,1H3. The van der Waals surface area contributed by atoms with Gasteiger partial charge in [0.1, 0.15) is 0 Å². The highest BCUT2D eigenvalue weighted by Gasteiger charge is 2.51. The molecule has 2 aliphatic heterocycles. The normalized spacial score (nSPS) is 34.5. The first-order valence-electron chi connectivity index (χ1n) is 6.70. The molecule has 1 unspecified atom stereocenters. The lowest BCUT2D eigenvalue weighted by Gasteiger charge is -2.38. The summed E-state index contributed by atoms with van der Waals surface area (Å²) < 4.78 is 26.1. The molecule has 3 aliphatic rings. The minimum atomic E-state index is -3.13. The predicted molar refractivity (Wildman–Crippen MR) is 67.4 cm³/mol. The Morgan fingerprint density at radius 1 is 1.22 bits per heavy atom. The van der Waals surface area contributed by atoms with Crippen LogP contribution in [0.3, 0.4) is 0 Å². The molecule has 1 aliphatic carbocycles. The second-order valence-corrected chi connectivity index (χ2v) is 8.15. The van der Waals surface area contributed by atoms with Gasteiger partial charge in [0, 0.05) is 26.7 Å². The molecule has 3 rings (SSSR count). The third kappa shape index (κ3) is 1.77. The van der Waals surface area contributed by atoms with Gasteiger partial charge in [0.05, 0.1) is 10.7 Å². The van der Waals surface area contributed by atoms with Crippen LogP contribution in [-0.4, -0.2) is 55.5 Å². The van der Waals surface area contributed by atoms with E-state index >= 15 is 0 Å². The van der Waals surface area contributed by atoms with Crippen LogP contribution in [0.1, 0.15) is 32.1 Å². The highest BCUT2D eigenvalue weighted by Crippen LogP contribution is 2.42. The maximum atomic E-state index is 12.3. The van der Waals surface area contributed by atoms with Gasteiger partial charge in [-0.1, -0.05) is 0 Å². The van der Waals surface area contributed by atoms with E-state index in [1.54, 1.807) is 9.21 Å². The molecule has 0 aromatic carbocycles. The summed E-state index contributed by atoms with van der Waals surface area (Å²) in [6.45, 7) is 1.77. The van der Waals surface area contributed by atoms with Gasteiger partial charge in [-0.2, -0.15) is 0 Å². The molecule has 0 aromatic rings. The Kier molecular flexibility index (Phi) is 2.71. The molecular formula is C12H20N2O3S. The van der Waals surface area contributed by atoms with Crippen LogP contribution in [0.25, 0.3) is 0 Å². The number of piperidine rings is 1. The predicted octanol–water partition coefficient (Wildman–Crippen LogP) is 0.423. The lowest BCUT2D eigenvalue weighted by atomic mass is 9.79. The monoisotopic (exact) mass is 272 g/mol. The van der Waals surface area contributed by atoms with Crippen molar-refractivity contribution in [1.82, 2.24) is 9.21 Å². The molecule has 2 saturated heterocycles. The van der Waals surface area contributed by atoms with Gasteiger partial charge in [-0.15, -0.1) is 0 Å². The summed E-state index contributed by atoms with van der Waals surface area (Å²) in [4.78, 5) is 14.0. The zero-order valence-electron chi connectivity index (χ0n) is 10.8. The lowest BCUT2D eigenvalue weighted by Crippen LogP contribution is -2.50. The molecule has 5 nitrogen and oxygen atoms in total. The zero-order chi connectivity index (χ0) is 13.0. The summed E-state index contributed by atoms with van der Waals surface area (Å²) in [6.07, 6.45) is 4.04. The number of carbonyl (C=O) groups is 1. The van der Waals surface area contributed by atoms with Crippen molar-refractivity contribution in [2.45, 2.75) is 37.4 Å². The average molecular weight is 272 g/mol. The molecule has 102 valence electrons. The van der Waals surface area contributed by atoms with Gasteiger partial charge in [0.25, 0.3) is 0 Å². The van der Waals surface area contributed by atoms with Crippen LogP contribution >= 0.6 is 0 Å². The smallest absolute Gasteiger partial charge is 0.229 e. The van der Waals surface area contributed by atoms with Crippen LogP contribution in [0.15, 0.2) is 0 Å². The Bertz CT molecular complexity index is 468. The number of nitrogens with zero attached hydrogens (tertiary/aromatic N) is 2. The fourth-order valence-electron chi connectivity index (χ4n) is 3.26. The van der Waals surface area contributed by atoms with E-state index in [9.17, 15) is 13.2 Å². The number of rotatable bonds is 2. The SMILES string of the molecule is CN1CCC2(CCCN(S(=O)(=O)C3CC3)C2)C1=O. The first-order valence-corrected chi connectivity index (χ1v) is 8.21. The number of hydrogen-bond acceptors (Lipinski definition) is 3. The Morgan fingerprint density at radius 2 is 1.94 bits per heavy atom. The summed E-state index contributed by atoms with van der Waals surface area (Å²) in [5.74, 6) is 0.137. The molecule has 0 aromatic heterocycles. The van der Waals surface area contributed by atoms with Crippen molar-refractivity contribution in [3.05, 3.63) is 0 Å². The molecule has 1 atom stereocenters. The van der Waals surface area contributed by atoms with E-state index < -0.39 is 15.4 Å². The van der Waals surface area contributed by atoms with E-state index in [1.165, 1.54) is 0 Å². The fourth-order valence-corrected chi connectivity index (χ4v) is 5.22. The van der Waals surface area contributed by atoms with Crippen LogP contribution in [0, 0.1) is 5.41 Å². The number of carbonyl (C=O) groups excluding carboxylic acids is 1. The summed E-state index contributed by atoms with van der Waals surface area (Å²) in [6, 6.07) is 0. The molecular weight excluding hydrogens is 252 g/mol. The van der Waals surface area contributed by atoms with Crippen LogP contribution in [0.2, 0.25) is 0 Å². The Hall–Kier alpha value is -0.620. The molecule has 18 heavy (non-hydrogen) atoms. The third-order valence-corrected chi connectivity index (χ3v) is 6.92. The molecule has 3 fully saturated rings. The maximum Gasteiger partial charge on any atom is 0.229 e. The lowest BCUT2D eigenvalue weighted by molar-refractivity contribution is -0.136. The van der Waals surface area contributed by atoms with E-state index in [0.717, 1.165) is 38.6 Å². The number of likely N-dealkylation sites (tertiary alicyclic amines) is 1. The minimum Gasteiger partial charge on any atom is -0.345 e. The van der Waals surface area contributed by atoms with Crippen molar-refractivity contribution in [3.8, 4) is 0 Å². The summed E-state index contributed by atoms with van der Waals surface area (Å²) >= 11 is 0. The molecule has 1 saturated carbocycles. The first-order chi connectivity index (χ1) is 8.46. The van der Waals surface area contributed by atoms with Gasteiger partial charge in [0.2, 0.25) is 15.9 Å². The van der Waals surface area contributed by atoms with Gasteiger partial charge in [-0.05, 0) is 32.1 Å². The number of amides is 1. The minimum absolute atomic E-state index is 0.137. The van der Waals surface area contributed by atoms with Crippen molar-refractivity contribution in [2.75, 3.05) is 26.7 Å². The Morgan fingerprint density at radius 3 is 2.50 bits per heavy atom. The van der Waals surface area contributed by atoms with E-state index in [1.807, 2.05) is 7.05 Å². The zero-order valence-corrected chi connectivity index (χ0v) is 11.6. The topological polar surface area (TPSA) is 57.7 Å². The van der Waals surface area contributed by atoms with E-state index in [-0.39, 0.29) is 11.2 Å². The molecule has 0 radical (unpaired) electrons. The Balaban J connectivity index is 1.82.